The van der Waals surface area contributed by atoms with E-state index in [4.69, 9.17) is 0 Å². The maximum absolute atomic E-state index is 3.73. The molecule has 0 aliphatic carbocycles. The molecular weight excluding hydrogens is 262 g/mol. The van der Waals surface area contributed by atoms with E-state index in [0.717, 1.165) is 6.54 Å². The van der Waals surface area contributed by atoms with E-state index < -0.39 is 0 Å². The largest absolute Gasteiger partial charge is 0.314 e. The molecule has 0 bridgehead atoms. The van der Waals surface area contributed by atoms with Crippen LogP contribution in [-0.2, 0) is 6.42 Å². The molecular formula is C18H33NS. The topological polar surface area (TPSA) is 12.0 Å². The fraction of sp³-hybridized carbons (Fsp3) is 0.778. The lowest BCUT2D eigenvalue weighted by molar-refractivity contribution is 0.451. The molecule has 0 amide bonds. The molecule has 20 heavy (non-hydrogen) atoms. The monoisotopic (exact) mass is 295 g/mol. The summed E-state index contributed by atoms with van der Waals surface area (Å²) in [6.45, 7) is 5.70. The summed E-state index contributed by atoms with van der Waals surface area (Å²) in [5.41, 5.74) is 0. The quantitative estimate of drug-likeness (QED) is 0.453. The molecule has 0 aromatic carbocycles. The molecule has 0 saturated heterocycles. The summed E-state index contributed by atoms with van der Waals surface area (Å²) >= 11 is 1.90. The number of hydrogen-bond acceptors (Lipinski definition) is 2. The first-order chi connectivity index (χ1) is 9.86. The van der Waals surface area contributed by atoms with Crippen LogP contribution in [0.1, 0.15) is 76.5 Å². The lowest BCUT2D eigenvalue weighted by Gasteiger charge is -2.17. The Morgan fingerprint density at radius 2 is 1.75 bits per heavy atom. The summed E-state index contributed by atoms with van der Waals surface area (Å²) in [5, 5.41) is 5.92. The molecule has 1 nitrogen and oxygen atoms in total. The summed E-state index contributed by atoms with van der Waals surface area (Å²) in [6.07, 6.45) is 13.7. The number of hydrogen-bond donors (Lipinski definition) is 1. The lowest BCUT2D eigenvalue weighted by atomic mass is 10.0. The molecule has 1 N–H and O–H groups in total. The third kappa shape index (κ3) is 8.76. The van der Waals surface area contributed by atoms with Crippen LogP contribution >= 0.6 is 11.3 Å². The molecule has 116 valence electrons. The van der Waals surface area contributed by atoms with E-state index in [0.29, 0.717) is 6.04 Å². The molecule has 2 heteroatoms. The van der Waals surface area contributed by atoms with Gasteiger partial charge in [-0.1, -0.05) is 64.9 Å². The summed E-state index contributed by atoms with van der Waals surface area (Å²) in [7, 11) is 0. The molecule has 0 aliphatic rings. The molecule has 0 aliphatic heterocycles. The van der Waals surface area contributed by atoms with Crippen LogP contribution in [0.2, 0.25) is 0 Å². The third-order valence-electron chi connectivity index (χ3n) is 3.87. The summed E-state index contributed by atoms with van der Waals surface area (Å²) in [5.74, 6) is 0. The summed E-state index contributed by atoms with van der Waals surface area (Å²) in [6, 6.07) is 5.13. The zero-order chi connectivity index (χ0) is 14.5. The minimum atomic E-state index is 0.684. The van der Waals surface area contributed by atoms with Gasteiger partial charge in [0.15, 0.2) is 0 Å². The fourth-order valence-electron chi connectivity index (χ4n) is 2.64. The highest BCUT2D eigenvalue weighted by atomic mass is 32.1. The van der Waals surface area contributed by atoms with Gasteiger partial charge in [0.25, 0.3) is 0 Å². The van der Waals surface area contributed by atoms with Gasteiger partial charge in [-0.3, -0.25) is 0 Å². The Balaban J connectivity index is 2.13. The van der Waals surface area contributed by atoms with Gasteiger partial charge in [-0.25, -0.2) is 0 Å². The first kappa shape index (κ1) is 17.7. The van der Waals surface area contributed by atoms with Crippen molar-refractivity contribution < 1.29 is 0 Å². The maximum Gasteiger partial charge on any atom is 0.0115 e. The van der Waals surface area contributed by atoms with Crippen LogP contribution in [0, 0.1) is 0 Å². The van der Waals surface area contributed by atoms with Gasteiger partial charge in [-0.2, -0.15) is 0 Å². The van der Waals surface area contributed by atoms with Gasteiger partial charge in [-0.05, 0) is 37.3 Å². The molecule has 1 aromatic rings. The highest BCUT2D eigenvalue weighted by Crippen LogP contribution is 2.15. The lowest BCUT2D eigenvalue weighted by Crippen LogP contribution is -2.31. The fourth-order valence-corrected chi connectivity index (χ4v) is 3.43. The zero-order valence-electron chi connectivity index (χ0n) is 13.5. The van der Waals surface area contributed by atoms with E-state index in [1.807, 2.05) is 11.3 Å². The molecule has 0 spiro atoms. The zero-order valence-corrected chi connectivity index (χ0v) is 14.3. The van der Waals surface area contributed by atoms with E-state index in [9.17, 15) is 0 Å². The Labute approximate surface area is 130 Å². The van der Waals surface area contributed by atoms with Gasteiger partial charge in [0.2, 0.25) is 0 Å². The van der Waals surface area contributed by atoms with E-state index in [2.05, 4.69) is 36.7 Å². The predicted octanol–water partition coefficient (Wildman–Crippen LogP) is 5.80. The highest BCUT2D eigenvalue weighted by Gasteiger charge is 2.09. The van der Waals surface area contributed by atoms with Crippen molar-refractivity contribution in [2.45, 2.75) is 84.1 Å². The number of rotatable bonds is 13. The molecule has 0 radical (unpaired) electrons. The number of nitrogens with one attached hydrogen (secondary N) is 1. The van der Waals surface area contributed by atoms with Crippen LogP contribution in [0.3, 0.4) is 0 Å². The van der Waals surface area contributed by atoms with E-state index in [1.54, 1.807) is 0 Å². The van der Waals surface area contributed by atoms with Crippen molar-refractivity contribution in [3.63, 3.8) is 0 Å². The van der Waals surface area contributed by atoms with Gasteiger partial charge in [0, 0.05) is 10.9 Å². The van der Waals surface area contributed by atoms with Gasteiger partial charge < -0.3 is 5.32 Å². The van der Waals surface area contributed by atoms with Crippen molar-refractivity contribution in [3.05, 3.63) is 22.4 Å². The van der Waals surface area contributed by atoms with E-state index in [-0.39, 0.29) is 0 Å². The Bertz CT molecular complexity index is 294. The van der Waals surface area contributed by atoms with Crippen molar-refractivity contribution in [2.75, 3.05) is 6.54 Å². The second-order valence-corrected chi connectivity index (χ2v) is 6.88. The first-order valence-electron chi connectivity index (χ1n) is 8.62. The van der Waals surface area contributed by atoms with Crippen LogP contribution in [0.15, 0.2) is 17.5 Å². The van der Waals surface area contributed by atoms with Crippen molar-refractivity contribution in [2.24, 2.45) is 0 Å². The van der Waals surface area contributed by atoms with E-state index in [1.165, 1.54) is 69.1 Å². The van der Waals surface area contributed by atoms with Gasteiger partial charge in [0.1, 0.15) is 0 Å². The Morgan fingerprint density at radius 3 is 2.40 bits per heavy atom. The minimum absolute atomic E-state index is 0.684. The Morgan fingerprint density at radius 1 is 1.00 bits per heavy atom. The van der Waals surface area contributed by atoms with Crippen LogP contribution in [-0.4, -0.2) is 12.6 Å². The van der Waals surface area contributed by atoms with Crippen molar-refractivity contribution in [3.8, 4) is 0 Å². The molecule has 1 rings (SSSR count). The smallest absolute Gasteiger partial charge is 0.0115 e. The van der Waals surface area contributed by atoms with Crippen molar-refractivity contribution >= 4 is 11.3 Å². The van der Waals surface area contributed by atoms with Crippen LogP contribution in [0.5, 0.6) is 0 Å². The van der Waals surface area contributed by atoms with Crippen molar-refractivity contribution in [1.29, 1.82) is 0 Å². The molecule has 1 aromatic heterocycles. The van der Waals surface area contributed by atoms with Crippen molar-refractivity contribution in [1.82, 2.24) is 5.32 Å². The van der Waals surface area contributed by atoms with Crippen LogP contribution in [0.25, 0.3) is 0 Å². The Kier molecular flexibility index (Phi) is 11.0. The Hall–Kier alpha value is -0.340. The van der Waals surface area contributed by atoms with Crippen LogP contribution < -0.4 is 5.32 Å². The second-order valence-electron chi connectivity index (χ2n) is 5.84. The molecule has 0 saturated carbocycles. The average molecular weight is 296 g/mol. The summed E-state index contributed by atoms with van der Waals surface area (Å²) in [4.78, 5) is 1.53. The highest BCUT2D eigenvalue weighted by molar-refractivity contribution is 7.09. The number of unbranched alkanes of at least 4 members (excludes halogenated alkanes) is 6. The SMILES string of the molecule is CCCCCCCCCC(Cc1cccs1)NCCC. The molecule has 1 heterocycles. The molecule has 0 fully saturated rings. The second kappa shape index (κ2) is 12.4. The van der Waals surface area contributed by atoms with Gasteiger partial charge in [0.05, 0.1) is 0 Å². The normalized spacial score (nSPS) is 12.7. The van der Waals surface area contributed by atoms with Gasteiger partial charge >= 0.3 is 0 Å². The average Bonchev–Trinajstić information content (AvgIpc) is 2.96. The predicted molar refractivity (Wildman–Crippen MR) is 92.7 cm³/mol. The third-order valence-corrected chi connectivity index (χ3v) is 4.77. The van der Waals surface area contributed by atoms with Crippen LogP contribution in [0.4, 0.5) is 0 Å². The minimum Gasteiger partial charge on any atom is -0.314 e. The maximum atomic E-state index is 3.73. The summed E-state index contributed by atoms with van der Waals surface area (Å²) < 4.78 is 0. The standard InChI is InChI=1S/C18H33NS/c1-3-5-6-7-8-9-10-12-17(19-14-4-2)16-18-13-11-15-20-18/h11,13,15,17,19H,3-10,12,14,16H2,1-2H3. The molecule has 1 atom stereocenters. The van der Waals surface area contributed by atoms with E-state index >= 15 is 0 Å². The van der Waals surface area contributed by atoms with Gasteiger partial charge in [-0.15, -0.1) is 11.3 Å². The molecule has 1 unspecified atom stereocenters. The first-order valence-corrected chi connectivity index (χ1v) is 9.50. The number of thiophene rings is 1.